The molecule has 1 N–H and O–H groups in total. The summed E-state index contributed by atoms with van der Waals surface area (Å²) in [6.07, 6.45) is 3.46. The van der Waals surface area contributed by atoms with E-state index in [9.17, 15) is 4.79 Å². The summed E-state index contributed by atoms with van der Waals surface area (Å²) in [5.41, 5.74) is 4.71. The molecule has 1 amide bonds. The quantitative estimate of drug-likeness (QED) is 0.437. The Balaban J connectivity index is 1.76. The molecule has 4 nitrogen and oxygen atoms in total. The lowest BCUT2D eigenvalue weighted by atomic mass is 10.1. The average Bonchev–Trinajstić information content (AvgIpc) is 2.59. The van der Waals surface area contributed by atoms with E-state index in [2.05, 4.69) is 37.3 Å². The van der Waals surface area contributed by atoms with Gasteiger partial charge in [0.05, 0.1) is 5.56 Å². The van der Waals surface area contributed by atoms with Gasteiger partial charge in [-0.1, -0.05) is 6.07 Å². The van der Waals surface area contributed by atoms with E-state index in [-0.39, 0.29) is 5.91 Å². The van der Waals surface area contributed by atoms with Crippen LogP contribution in [0.3, 0.4) is 0 Å². The third kappa shape index (κ3) is 4.93. The van der Waals surface area contributed by atoms with Gasteiger partial charge in [-0.3, -0.25) is 4.79 Å². The predicted octanol–water partition coefficient (Wildman–Crippen LogP) is 5.40. The minimum Gasteiger partial charge on any atom is -0.322 e. The standard InChI is InChI=1S/C20H18BrN3OS/c1-13-8-14(2)10-16(9-13)24-19(25)17-4-3-6-23-20(17)26-12-15-5-7-22-18(21)11-15/h3-11H,12H2,1-2H3,(H,24,25). The van der Waals surface area contributed by atoms with Crippen LogP contribution in [0.2, 0.25) is 0 Å². The molecule has 0 aliphatic rings. The van der Waals surface area contributed by atoms with Crippen molar-refractivity contribution in [3.05, 3.63) is 81.7 Å². The van der Waals surface area contributed by atoms with E-state index < -0.39 is 0 Å². The summed E-state index contributed by atoms with van der Waals surface area (Å²) in [4.78, 5) is 21.3. The van der Waals surface area contributed by atoms with Crippen LogP contribution in [0.25, 0.3) is 0 Å². The summed E-state index contributed by atoms with van der Waals surface area (Å²) in [5, 5.41) is 3.69. The second kappa shape index (κ2) is 8.47. The number of rotatable bonds is 5. The Labute approximate surface area is 165 Å². The maximum atomic E-state index is 12.7. The SMILES string of the molecule is Cc1cc(C)cc(NC(=O)c2cccnc2SCc2ccnc(Br)c2)c1. The van der Waals surface area contributed by atoms with Gasteiger partial charge in [-0.15, -0.1) is 11.8 Å². The van der Waals surface area contributed by atoms with E-state index in [0.29, 0.717) is 16.3 Å². The first-order valence-electron chi connectivity index (χ1n) is 8.09. The molecule has 132 valence electrons. The molecule has 1 aromatic carbocycles. The van der Waals surface area contributed by atoms with Crippen LogP contribution in [0.5, 0.6) is 0 Å². The number of aryl methyl sites for hydroxylation is 2. The highest BCUT2D eigenvalue weighted by molar-refractivity contribution is 9.10. The molecule has 0 bridgehead atoms. The van der Waals surface area contributed by atoms with Gasteiger partial charge in [0.25, 0.3) is 5.91 Å². The van der Waals surface area contributed by atoms with Gasteiger partial charge in [-0.05, 0) is 82.9 Å². The van der Waals surface area contributed by atoms with Crippen molar-refractivity contribution in [2.45, 2.75) is 24.6 Å². The van der Waals surface area contributed by atoms with Crippen LogP contribution in [0.4, 0.5) is 5.69 Å². The van der Waals surface area contributed by atoms with Crippen LogP contribution in [0.15, 0.2) is 64.5 Å². The van der Waals surface area contributed by atoms with Crippen molar-refractivity contribution in [3.63, 3.8) is 0 Å². The molecule has 26 heavy (non-hydrogen) atoms. The lowest BCUT2D eigenvalue weighted by molar-refractivity contribution is 0.102. The number of carbonyl (C=O) groups is 1. The van der Waals surface area contributed by atoms with E-state index in [1.165, 1.54) is 11.8 Å². The number of nitrogens with zero attached hydrogens (tertiary/aromatic N) is 2. The maximum Gasteiger partial charge on any atom is 0.258 e. The summed E-state index contributed by atoms with van der Waals surface area (Å²) in [5.74, 6) is 0.559. The number of amides is 1. The third-order valence-electron chi connectivity index (χ3n) is 3.66. The molecule has 2 heterocycles. The predicted molar refractivity (Wildman–Crippen MR) is 110 cm³/mol. The second-order valence-electron chi connectivity index (χ2n) is 5.96. The fourth-order valence-corrected chi connectivity index (χ4v) is 3.95. The number of halogens is 1. The third-order valence-corrected chi connectivity index (χ3v) is 5.17. The fraction of sp³-hybridized carbons (Fsp3) is 0.150. The Kier molecular flexibility index (Phi) is 6.06. The smallest absolute Gasteiger partial charge is 0.258 e. The zero-order valence-corrected chi connectivity index (χ0v) is 16.9. The zero-order valence-electron chi connectivity index (χ0n) is 14.5. The number of thioether (sulfide) groups is 1. The lowest BCUT2D eigenvalue weighted by Crippen LogP contribution is -2.13. The van der Waals surface area contributed by atoms with Crippen LogP contribution in [-0.4, -0.2) is 15.9 Å². The Morgan fingerprint density at radius 3 is 2.58 bits per heavy atom. The number of benzene rings is 1. The van der Waals surface area contributed by atoms with E-state index in [4.69, 9.17) is 0 Å². The molecule has 0 aliphatic carbocycles. The minimum absolute atomic E-state index is 0.151. The second-order valence-corrected chi connectivity index (χ2v) is 7.74. The first kappa shape index (κ1) is 18.6. The molecule has 0 unspecified atom stereocenters. The van der Waals surface area contributed by atoms with E-state index in [1.807, 2.05) is 38.1 Å². The zero-order chi connectivity index (χ0) is 18.5. The first-order valence-corrected chi connectivity index (χ1v) is 9.87. The first-order chi connectivity index (χ1) is 12.5. The maximum absolute atomic E-state index is 12.7. The highest BCUT2D eigenvalue weighted by Gasteiger charge is 2.13. The van der Waals surface area contributed by atoms with E-state index in [1.54, 1.807) is 24.5 Å². The van der Waals surface area contributed by atoms with Crippen molar-refractivity contribution < 1.29 is 4.79 Å². The lowest BCUT2D eigenvalue weighted by Gasteiger charge is -2.10. The Hall–Kier alpha value is -2.18. The van der Waals surface area contributed by atoms with Gasteiger partial charge in [0.2, 0.25) is 0 Å². The van der Waals surface area contributed by atoms with Crippen LogP contribution in [0, 0.1) is 13.8 Å². The Morgan fingerprint density at radius 2 is 1.85 bits per heavy atom. The van der Waals surface area contributed by atoms with Crippen LogP contribution in [-0.2, 0) is 5.75 Å². The topological polar surface area (TPSA) is 54.9 Å². The molecule has 0 saturated carbocycles. The molecular formula is C20H18BrN3OS. The molecular weight excluding hydrogens is 410 g/mol. The number of carbonyl (C=O) groups excluding carboxylic acids is 1. The van der Waals surface area contributed by atoms with Crippen molar-refractivity contribution >= 4 is 39.3 Å². The van der Waals surface area contributed by atoms with Crippen LogP contribution in [0.1, 0.15) is 27.0 Å². The van der Waals surface area contributed by atoms with Gasteiger partial charge in [0, 0.05) is 23.8 Å². The largest absolute Gasteiger partial charge is 0.322 e. The Morgan fingerprint density at radius 1 is 1.08 bits per heavy atom. The van der Waals surface area contributed by atoms with Crippen LogP contribution < -0.4 is 5.32 Å². The molecule has 3 aromatic rings. The summed E-state index contributed by atoms with van der Waals surface area (Å²) in [7, 11) is 0. The molecule has 0 radical (unpaired) electrons. The van der Waals surface area contributed by atoms with Gasteiger partial charge in [-0.25, -0.2) is 9.97 Å². The fourth-order valence-electron chi connectivity index (χ4n) is 2.61. The molecule has 0 saturated heterocycles. The number of pyridine rings is 2. The minimum atomic E-state index is -0.151. The van der Waals surface area contributed by atoms with Gasteiger partial charge < -0.3 is 5.32 Å². The summed E-state index contributed by atoms with van der Waals surface area (Å²) >= 11 is 4.91. The normalized spacial score (nSPS) is 10.6. The summed E-state index contributed by atoms with van der Waals surface area (Å²) in [6.45, 7) is 4.03. The van der Waals surface area contributed by atoms with Gasteiger partial charge in [0.1, 0.15) is 9.63 Å². The number of nitrogens with one attached hydrogen (secondary N) is 1. The van der Waals surface area contributed by atoms with Crippen molar-refractivity contribution in [1.29, 1.82) is 0 Å². The number of hydrogen-bond donors (Lipinski definition) is 1. The average molecular weight is 428 g/mol. The molecule has 0 spiro atoms. The van der Waals surface area contributed by atoms with E-state index >= 15 is 0 Å². The molecule has 6 heteroatoms. The van der Waals surface area contributed by atoms with Crippen molar-refractivity contribution in [1.82, 2.24) is 9.97 Å². The van der Waals surface area contributed by atoms with Crippen molar-refractivity contribution in [2.24, 2.45) is 0 Å². The van der Waals surface area contributed by atoms with Crippen molar-refractivity contribution in [2.75, 3.05) is 5.32 Å². The number of aromatic nitrogens is 2. The molecule has 0 atom stereocenters. The monoisotopic (exact) mass is 427 g/mol. The van der Waals surface area contributed by atoms with Crippen molar-refractivity contribution in [3.8, 4) is 0 Å². The Bertz CT molecular complexity index is 926. The van der Waals surface area contributed by atoms with E-state index in [0.717, 1.165) is 27.0 Å². The number of anilines is 1. The number of hydrogen-bond acceptors (Lipinski definition) is 4. The van der Waals surface area contributed by atoms with Gasteiger partial charge in [-0.2, -0.15) is 0 Å². The highest BCUT2D eigenvalue weighted by Crippen LogP contribution is 2.26. The van der Waals surface area contributed by atoms with Crippen LogP contribution >= 0.6 is 27.7 Å². The van der Waals surface area contributed by atoms with Gasteiger partial charge >= 0.3 is 0 Å². The molecule has 0 fully saturated rings. The highest BCUT2D eigenvalue weighted by atomic mass is 79.9. The summed E-state index contributed by atoms with van der Waals surface area (Å²) in [6, 6.07) is 13.5. The molecule has 0 aliphatic heterocycles. The molecule has 2 aromatic heterocycles. The van der Waals surface area contributed by atoms with Gasteiger partial charge in [0.15, 0.2) is 0 Å². The molecule has 3 rings (SSSR count). The summed E-state index contributed by atoms with van der Waals surface area (Å²) < 4.78 is 0.796.